The van der Waals surface area contributed by atoms with Gasteiger partial charge in [0.05, 0.1) is 0 Å². The maximum Gasteiger partial charge on any atom is 0.406 e. The minimum atomic E-state index is -5.09. The minimum absolute atomic E-state index is 0.516. The predicted molar refractivity (Wildman–Crippen MR) is 67.4 cm³/mol. The second-order valence-corrected chi connectivity index (χ2v) is 7.42. The zero-order valence-electron chi connectivity index (χ0n) is 11.3. The van der Waals surface area contributed by atoms with Crippen LogP contribution < -0.4 is 8.37 Å². The van der Waals surface area contributed by atoms with Gasteiger partial charge in [-0.15, -0.1) is 0 Å². The fraction of sp³-hybridized carbons (Fsp3) is 0.400. The van der Waals surface area contributed by atoms with E-state index in [2.05, 4.69) is 8.37 Å². The number of hydrogen-bond acceptors (Lipinski definition) is 6. The van der Waals surface area contributed by atoms with Crippen molar-refractivity contribution in [2.75, 3.05) is 11.5 Å². The highest BCUT2D eigenvalue weighted by Gasteiger charge is 2.37. The number of alkyl halides is 6. The molecule has 6 nitrogen and oxygen atoms in total. The van der Waals surface area contributed by atoms with Crippen LogP contribution in [0.4, 0.5) is 26.3 Å². The minimum Gasteiger partial charge on any atom is -0.382 e. The summed E-state index contributed by atoms with van der Waals surface area (Å²) in [6.07, 6.45) is -10.2. The Balaban J connectivity index is 2.92. The van der Waals surface area contributed by atoms with Crippen molar-refractivity contribution >= 4 is 20.2 Å². The predicted octanol–water partition coefficient (Wildman–Crippen LogP) is 2.23. The highest BCUT2D eigenvalue weighted by molar-refractivity contribution is 7.87. The summed E-state index contributed by atoms with van der Waals surface area (Å²) in [6, 6.07) is 3.12. The third kappa shape index (κ3) is 8.24. The molecule has 0 aliphatic rings. The van der Waals surface area contributed by atoms with E-state index in [0.717, 1.165) is 18.2 Å². The molecule has 1 rings (SSSR count). The zero-order chi connectivity index (χ0) is 18.8. The SMILES string of the molecule is O=S(=O)(CC(F)(F)F)Oc1cccc(OS(=O)(=O)CC(F)(F)F)c1. The molecule has 0 amide bonds. The van der Waals surface area contributed by atoms with E-state index in [1.807, 2.05) is 0 Å². The van der Waals surface area contributed by atoms with Crippen molar-refractivity contribution < 1.29 is 51.5 Å². The van der Waals surface area contributed by atoms with Crippen molar-refractivity contribution in [3.8, 4) is 11.5 Å². The van der Waals surface area contributed by atoms with Crippen LogP contribution in [-0.2, 0) is 20.2 Å². The second kappa shape index (κ2) is 6.66. The average Bonchev–Trinajstić information content (AvgIpc) is 2.19. The van der Waals surface area contributed by atoms with E-state index >= 15 is 0 Å². The highest BCUT2D eigenvalue weighted by atomic mass is 32.2. The molecule has 1 aromatic rings. The third-order valence-electron chi connectivity index (χ3n) is 1.93. The van der Waals surface area contributed by atoms with Crippen LogP contribution in [0.1, 0.15) is 0 Å². The van der Waals surface area contributed by atoms with Crippen LogP contribution >= 0.6 is 0 Å². The van der Waals surface area contributed by atoms with Crippen LogP contribution in [0.15, 0.2) is 24.3 Å². The first-order chi connectivity index (χ1) is 10.6. The van der Waals surface area contributed by atoms with E-state index < -0.39 is 55.6 Å². The number of halogens is 6. The van der Waals surface area contributed by atoms with Crippen molar-refractivity contribution in [1.82, 2.24) is 0 Å². The molecule has 0 aliphatic heterocycles. The summed E-state index contributed by atoms with van der Waals surface area (Å²) in [5.41, 5.74) is 0. The fourth-order valence-corrected chi connectivity index (χ4v) is 3.04. The van der Waals surface area contributed by atoms with Gasteiger partial charge in [-0.2, -0.15) is 43.2 Å². The molecule has 0 saturated carbocycles. The lowest BCUT2D eigenvalue weighted by atomic mass is 10.3. The van der Waals surface area contributed by atoms with Crippen LogP contribution in [0.3, 0.4) is 0 Å². The van der Waals surface area contributed by atoms with Crippen LogP contribution in [0.2, 0.25) is 0 Å². The van der Waals surface area contributed by atoms with Crippen LogP contribution in [0.5, 0.6) is 11.5 Å². The van der Waals surface area contributed by atoms with Crippen molar-refractivity contribution in [2.45, 2.75) is 12.4 Å². The number of rotatable bonds is 6. The molecule has 24 heavy (non-hydrogen) atoms. The Kier molecular flexibility index (Phi) is 5.65. The molecule has 0 aliphatic carbocycles. The van der Waals surface area contributed by atoms with E-state index in [4.69, 9.17) is 0 Å². The van der Waals surface area contributed by atoms with Crippen LogP contribution in [-0.4, -0.2) is 40.7 Å². The van der Waals surface area contributed by atoms with Gasteiger partial charge in [-0.1, -0.05) is 6.07 Å². The number of benzene rings is 1. The van der Waals surface area contributed by atoms with E-state index in [1.54, 1.807) is 0 Å². The second-order valence-electron chi connectivity index (χ2n) is 4.28. The van der Waals surface area contributed by atoms with Gasteiger partial charge in [-0.3, -0.25) is 0 Å². The van der Waals surface area contributed by atoms with Crippen molar-refractivity contribution in [1.29, 1.82) is 0 Å². The quantitative estimate of drug-likeness (QED) is 0.536. The van der Waals surface area contributed by atoms with Crippen molar-refractivity contribution in [3.05, 3.63) is 24.3 Å². The lowest BCUT2D eigenvalue weighted by Crippen LogP contribution is -2.27. The van der Waals surface area contributed by atoms with Gasteiger partial charge in [-0.05, 0) is 12.1 Å². The molecule has 0 spiro atoms. The molecule has 1 aromatic carbocycles. The maximum atomic E-state index is 12.0. The number of hydrogen-bond donors (Lipinski definition) is 0. The molecule has 0 heterocycles. The lowest BCUT2D eigenvalue weighted by molar-refractivity contribution is -0.108. The molecule has 138 valence electrons. The molecule has 0 N–H and O–H groups in total. The summed E-state index contributed by atoms with van der Waals surface area (Å²) >= 11 is 0. The van der Waals surface area contributed by atoms with Crippen molar-refractivity contribution in [3.63, 3.8) is 0 Å². The summed E-state index contributed by atoms with van der Waals surface area (Å²) in [4.78, 5) is 0. The fourth-order valence-electron chi connectivity index (χ4n) is 1.33. The van der Waals surface area contributed by atoms with Crippen LogP contribution in [0, 0.1) is 0 Å². The molecule has 0 aromatic heterocycles. The van der Waals surface area contributed by atoms with Crippen LogP contribution in [0.25, 0.3) is 0 Å². The van der Waals surface area contributed by atoms with E-state index in [1.165, 1.54) is 0 Å². The van der Waals surface area contributed by atoms with Gasteiger partial charge >= 0.3 is 32.6 Å². The molecular formula is C10H8F6O6S2. The molecule has 0 bridgehead atoms. The topological polar surface area (TPSA) is 86.7 Å². The van der Waals surface area contributed by atoms with Gasteiger partial charge in [0, 0.05) is 6.07 Å². The summed E-state index contributed by atoms with van der Waals surface area (Å²) in [6.45, 7) is 0. The Morgan fingerprint density at radius 1 is 0.750 bits per heavy atom. The Labute approximate surface area is 132 Å². The van der Waals surface area contributed by atoms with E-state index in [0.29, 0.717) is 6.07 Å². The normalized spacial score (nSPS) is 13.6. The highest BCUT2D eigenvalue weighted by Crippen LogP contribution is 2.26. The summed E-state index contributed by atoms with van der Waals surface area (Å²) in [5.74, 6) is -6.15. The zero-order valence-corrected chi connectivity index (χ0v) is 12.9. The summed E-state index contributed by atoms with van der Waals surface area (Å²) < 4.78 is 125. The maximum absolute atomic E-state index is 12.0. The molecule has 0 fully saturated rings. The van der Waals surface area contributed by atoms with Gasteiger partial charge in [0.2, 0.25) is 0 Å². The van der Waals surface area contributed by atoms with Gasteiger partial charge in [0.1, 0.15) is 11.5 Å². The average molecular weight is 402 g/mol. The lowest BCUT2D eigenvalue weighted by Gasteiger charge is -2.11. The first-order valence-corrected chi connectivity index (χ1v) is 8.80. The molecule has 0 radical (unpaired) electrons. The van der Waals surface area contributed by atoms with Gasteiger partial charge < -0.3 is 8.37 Å². The molecule has 0 atom stereocenters. The summed E-state index contributed by atoms with van der Waals surface area (Å²) in [7, 11) is -10.2. The standard InChI is InChI=1S/C10H8F6O6S2/c11-9(12,13)5-23(17,18)21-7-2-1-3-8(4-7)22-24(19,20)6-10(14,15)16/h1-4H,5-6H2. The van der Waals surface area contributed by atoms with Crippen molar-refractivity contribution in [2.24, 2.45) is 0 Å². The Bertz CT molecular complexity index is 718. The summed E-state index contributed by atoms with van der Waals surface area (Å²) in [5, 5.41) is 0. The van der Waals surface area contributed by atoms with E-state index in [9.17, 15) is 43.2 Å². The monoisotopic (exact) mass is 402 g/mol. The first kappa shape index (κ1) is 20.3. The van der Waals surface area contributed by atoms with Gasteiger partial charge in [0.15, 0.2) is 11.5 Å². The molecule has 0 unspecified atom stereocenters. The molecular weight excluding hydrogens is 394 g/mol. The van der Waals surface area contributed by atoms with E-state index in [-0.39, 0.29) is 0 Å². The van der Waals surface area contributed by atoms with Gasteiger partial charge in [-0.25, -0.2) is 0 Å². The smallest absolute Gasteiger partial charge is 0.382 e. The third-order valence-corrected chi connectivity index (χ3v) is 4.19. The Hall–Kier alpha value is -1.70. The molecule has 14 heteroatoms. The Morgan fingerprint density at radius 3 is 1.38 bits per heavy atom. The first-order valence-electron chi connectivity index (χ1n) is 5.65. The molecule has 0 saturated heterocycles. The largest absolute Gasteiger partial charge is 0.406 e. The van der Waals surface area contributed by atoms with Gasteiger partial charge in [0.25, 0.3) is 0 Å². The Morgan fingerprint density at radius 2 is 1.08 bits per heavy atom.